The van der Waals surface area contributed by atoms with Crippen molar-refractivity contribution in [3.8, 4) is 17.2 Å². The minimum absolute atomic E-state index is 0.0338. The third-order valence-corrected chi connectivity index (χ3v) is 5.91. The molecule has 0 amide bonds. The van der Waals surface area contributed by atoms with Crippen LogP contribution in [0.25, 0.3) is 21.7 Å². The summed E-state index contributed by atoms with van der Waals surface area (Å²) in [6.45, 7) is 0.935. The zero-order valence-electron chi connectivity index (χ0n) is 19.6. The van der Waals surface area contributed by atoms with Crippen molar-refractivity contribution in [3.05, 3.63) is 40.2 Å². The third kappa shape index (κ3) is 5.02. The number of carboxylic acid groups (broad SMARTS) is 1. The molecule has 1 saturated heterocycles. The van der Waals surface area contributed by atoms with Crippen molar-refractivity contribution in [3.63, 3.8) is 0 Å². The topological polar surface area (TPSA) is 202 Å². The van der Waals surface area contributed by atoms with E-state index in [9.17, 15) is 34.8 Å². The lowest BCUT2D eigenvalue weighted by atomic mass is 9.98. The highest BCUT2D eigenvalue weighted by Gasteiger charge is 2.47. The van der Waals surface area contributed by atoms with E-state index >= 15 is 0 Å². The first-order chi connectivity index (χ1) is 17.5. The monoisotopic (exact) mass is 520 g/mol. The number of aryl methyl sites for hydroxylation is 1. The molecule has 13 heteroatoms. The van der Waals surface area contributed by atoms with Gasteiger partial charge in [-0.25, -0.2) is 4.79 Å². The number of hydrogen-bond acceptors (Lipinski definition) is 12. The van der Waals surface area contributed by atoms with Crippen LogP contribution in [0.15, 0.2) is 33.5 Å². The minimum atomic E-state index is -1.78. The molecular weight excluding hydrogens is 496 g/mol. The molecule has 1 aromatic heterocycles. The zero-order chi connectivity index (χ0) is 27.0. The SMILES string of the molecule is COc1cc(O)c2c(=O)oc3cc(O[C@@H]4OC(CO)[C@H](OC(=O)CC(=O)O)[C@H](O)[C@@H]4O)cc(C)c3c2c1. The van der Waals surface area contributed by atoms with Crippen molar-refractivity contribution < 1.29 is 58.5 Å². The van der Waals surface area contributed by atoms with Gasteiger partial charge in [0.05, 0.1) is 13.7 Å². The Balaban J connectivity index is 1.65. The van der Waals surface area contributed by atoms with Gasteiger partial charge in [-0.05, 0) is 24.6 Å². The molecule has 5 N–H and O–H groups in total. The summed E-state index contributed by atoms with van der Waals surface area (Å²) < 4.78 is 26.6. The van der Waals surface area contributed by atoms with Crippen LogP contribution in [0.4, 0.5) is 0 Å². The molecule has 1 aliphatic rings. The molecule has 37 heavy (non-hydrogen) atoms. The van der Waals surface area contributed by atoms with Crippen LogP contribution in [0.1, 0.15) is 12.0 Å². The van der Waals surface area contributed by atoms with Gasteiger partial charge in [-0.3, -0.25) is 9.59 Å². The molecule has 1 unspecified atom stereocenters. The maximum Gasteiger partial charge on any atom is 0.347 e. The van der Waals surface area contributed by atoms with Gasteiger partial charge in [-0.2, -0.15) is 0 Å². The zero-order valence-corrected chi connectivity index (χ0v) is 19.6. The lowest BCUT2D eigenvalue weighted by Gasteiger charge is -2.41. The van der Waals surface area contributed by atoms with Crippen LogP contribution in [-0.2, 0) is 19.1 Å². The number of carboxylic acids is 1. The van der Waals surface area contributed by atoms with Crippen LogP contribution < -0.4 is 15.1 Å². The van der Waals surface area contributed by atoms with E-state index in [4.69, 9.17) is 28.5 Å². The number of aliphatic carboxylic acids is 1. The van der Waals surface area contributed by atoms with Crippen LogP contribution in [0.3, 0.4) is 0 Å². The van der Waals surface area contributed by atoms with E-state index < -0.39 is 61.3 Å². The van der Waals surface area contributed by atoms with Gasteiger partial charge in [0, 0.05) is 22.9 Å². The summed E-state index contributed by atoms with van der Waals surface area (Å²) in [5.41, 5.74) is -0.168. The summed E-state index contributed by atoms with van der Waals surface area (Å²) >= 11 is 0. The van der Waals surface area contributed by atoms with Crippen LogP contribution in [0.5, 0.6) is 17.2 Å². The molecule has 1 aliphatic heterocycles. The number of carbonyl (C=O) groups is 2. The van der Waals surface area contributed by atoms with Crippen molar-refractivity contribution in [2.24, 2.45) is 0 Å². The van der Waals surface area contributed by atoms with Gasteiger partial charge in [-0.15, -0.1) is 0 Å². The average molecular weight is 520 g/mol. The number of carbonyl (C=O) groups excluding carboxylic acids is 1. The number of aliphatic hydroxyl groups excluding tert-OH is 3. The van der Waals surface area contributed by atoms with E-state index in [0.717, 1.165) is 0 Å². The van der Waals surface area contributed by atoms with Crippen LogP contribution in [-0.4, -0.2) is 81.9 Å². The van der Waals surface area contributed by atoms with Crippen molar-refractivity contribution in [1.29, 1.82) is 0 Å². The van der Waals surface area contributed by atoms with E-state index in [-0.39, 0.29) is 22.5 Å². The molecule has 13 nitrogen and oxygen atoms in total. The van der Waals surface area contributed by atoms with Gasteiger partial charge >= 0.3 is 17.6 Å². The van der Waals surface area contributed by atoms with Crippen LogP contribution in [0, 0.1) is 6.92 Å². The Labute approximate surface area is 208 Å². The van der Waals surface area contributed by atoms with Gasteiger partial charge in [0.2, 0.25) is 6.29 Å². The first-order valence-electron chi connectivity index (χ1n) is 11.0. The highest BCUT2D eigenvalue weighted by molar-refractivity contribution is 6.08. The molecule has 4 rings (SSSR count). The van der Waals surface area contributed by atoms with E-state index in [2.05, 4.69) is 0 Å². The quantitative estimate of drug-likeness (QED) is 0.122. The lowest BCUT2D eigenvalue weighted by Crippen LogP contribution is -2.61. The number of ether oxygens (including phenoxy) is 4. The fourth-order valence-electron chi connectivity index (χ4n) is 4.24. The van der Waals surface area contributed by atoms with Crippen molar-refractivity contribution in [2.45, 2.75) is 44.1 Å². The van der Waals surface area contributed by atoms with Crippen molar-refractivity contribution in [2.75, 3.05) is 13.7 Å². The Bertz CT molecular complexity index is 1410. The number of phenols is 1. The summed E-state index contributed by atoms with van der Waals surface area (Å²) in [6, 6.07) is 5.74. The van der Waals surface area contributed by atoms with Crippen LogP contribution >= 0.6 is 0 Å². The molecular formula is C24H24O13. The predicted molar refractivity (Wildman–Crippen MR) is 123 cm³/mol. The Morgan fingerprint density at radius 1 is 1.05 bits per heavy atom. The van der Waals surface area contributed by atoms with Gasteiger partial charge in [0.25, 0.3) is 0 Å². The molecule has 0 radical (unpaired) electrons. The van der Waals surface area contributed by atoms with E-state index in [0.29, 0.717) is 22.1 Å². The predicted octanol–water partition coefficient (Wildman–Crippen LogP) is 0.173. The number of benzene rings is 2. The first kappa shape index (κ1) is 26.2. The lowest BCUT2D eigenvalue weighted by molar-refractivity contribution is -0.281. The fraction of sp³-hybridized carbons (Fsp3) is 0.375. The maximum absolute atomic E-state index is 12.6. The van der Waals surface area contributed by atoms with Gasteiger partial charge in [0.1, 0.15) is 53.0 Å². The van der Waals surface area contributed by atoms with Crippen molar-refractivity contribution >= 4 is 33.7 Å². The van der Waals surface area contributed by atoms with Gasteiger partial charge in [0.15, 0.2) is 6.10 Å². The standard InChI is InChI=1S/C24H24O13/c1-9-3-11(6-14-18(9)12-4-10(33-2)5-13(26)19(12)23(32)35-14)34-24-21(31)20(30)22(15(8-25)36-24)37-17(29)7-16(27)28/h3-6,15,20-22,24-26,30-31H,7-8H2,1-2H3,(H,27,28)/t15?,20-,21+,22+,24-/m1/s1. The second kappa shape index (κ2) is 10.2. The largest absolute Gasteiger partial charge is 0.507 e. The molecule has 2 aromatic carbocycles. The molecule has 0 spiro atoms. The summed E-state index contributed by atoms with van der Waals surface area (Å²) in [6.07, 6.45) is -9.00. The summed E-state index contributed by atoms with van der Waals surface area (Å²) in [4.78, 5) is 35.0. The molecule has 3 aromatic rings. The van der Waals surface area contributed by atoms with Crippen molar-refractivity contribution in [1.82, 2.24) is 0 Å². The summed E-state index contributed by atoms with van der Waals surface area (Å²) in [7, 11) is 1.41. The number of methoxy groups -OCH3 is 1. The Hall–Kier alpha value is -3.91. The second-order valence-electron chi connectivity index (χ2n) is 8.42. The Morgan fingerprint density at radius 3 is 2.43 bits per heavy atom. The maximum atomic E-state index is 12.6. The Kier molecular flexibility index (Phi) is 7.23. The number of aliphatic hydroxyl groups is 3. The highest BCUT2D eigenvalue weighted by Crippen LogP contribution is 2.36. The van der Waals surface area contributed by atoms with Gasteiger partial charge in [-0.1, -0.05) is 0 Å². The average Bonchev–Trinajstić information content (AvgIpc) is 2.82. The molecule has 2 heterocycles. The Morgan fingerprint density at radius 2 is 1.78 bits per heavy atom. The third-order valence-electron chi connectivity index (χ3n) is 5.91. The molecule has 0 aliphatic carbocycles. The summed E-state index contributed by atoms with van der Waals surface area (Å²) in [5.74, 6) is -2.59. The minimum Gasteiger partial charge on any atom is -0.507 e. The molecule has 0 saturated carbocycles. The smallest absolute Gasteiger partial charge is 0.347 e. The van der Waals surface area contributed by atoms with E-state index in [1.165, 1.54) is 25.3 Å². The number of rotatable bonds is 7. The van der Waals surface area contributed by atoms with E-state index in [1.54, 1.807) is 13.0 Å². The van der Waals surface area contributed by atoms with Crippen LogP contribution in [0.2, 0.25) is 0 Å². The molecule has 1 fully saturated rings. The second-order valence-corrected chi connectivity index (χ2v) is 8.42. The molecule has 5 atom stereocenters. The normalized spacial score (nSPS) is 23.6. The number of hydrogen-bond donors (Lipinski definition) is 5. The number of aromatic hydroxyl groups is 1. The highest BCUT2D eigenvalue weighted by atomic mass is 16.7. The number of phenolic OH excluding ortho intramolecular Hbond substituents is 1. The van der Waals surface area contributed by atoms with Gasteiger partial charge < -0.3 is 48.9 Å². The number of esters is 1. The first-order valence-corrected chi connectivity index (χ1v) is 11.0. The molecule has 198 valence electrons. The van der Waals surface area contributed by atoms with E-state index in [1.807, 2.05) is 0 Å². The molecule has 0 bridgehead atoms. The summed E-state index contributed by atoms with van der Waals surface area (Å²) in [5, 5.41) is 50.5. The number of fused-ring (bicyclic) bond motifs is 3. The fourth-order valence-corrected chi connectivity index (χ4v) is 4.24.